The summed E-state index contributed by atoms with van der Waals surface area (Å²) in [7, 11) is 1.75. The van der Waals surface area contributed by atoms with Crippen molar-refractivity contribution in [1.29, 1.82) is 0 Å². The van der Waals surface area contributed by atoms with Crippen LogP contribution in [0.25, 0.3) is 0 Å². The molecule has 3 heteroatoms. The summed E-state index contributed by atoms with van der Waals surface area (Å²) in [5.74, 6) is 1.02. The minimum absolute atomic E-state index is 0.0769. The van der Waals surface area contributed by atoms with Crippen molar-refractivity contribution in [1.82, 2.24) is 0 Å². The third kappa shape index (κ3) is 4.30. The van der Waals surface area contributed by atoms with Gasteiger partial charge in [0.15, 0.2) is 3.57 Å². The van der Waals surface area contributed by atoms with Crippen LogP contribution in [0.4, 0.5) is 0 Å². The lowest BCUT2D eigenvalue weighted by molar-refractivity contribution is -0.601. The number of methoxy groups -OCH3 is 1. The molecule has 0 aliphatic rings. The average molecular weight is 371 g/mol. The molecule has 0 saturated carbocycles. The molecule has 94 valence electrons. The zero-order valence-electron chi connectivity index (χ0n) is 10.3. The second kappa shape index (κ2) is 7.81. The summed E-state index contributed by atoms with van der Waals surface area (Å²) < 4.78 is 8.08. The molecule has 0 aromatic heterocycles. The summed E-state index contributed by atoms with van der Waals surface area (Å²) in [6.07, 6.45) is 0. The number of halogens is 1. The maximum atomic E-state index is 5.11. The molecule has 0 fully saturated rings. The summed E-state index contributed by atoms with van der Waals surface area (Å²) in [4.78, 5) is 1.41. The highest BCUT2D eigenvalue weighted by Crippen LogP contribution is 2.16. The number of rotatable bonds is 6. The highest BCUT2D eigenvalue weighted by atomic mass is 127. The van der Waals surface area contributed by atoms with Gasteiger partial charge in [-0.2, -0.15) is 0 Å². The third-order valence-electron chi connectivity index (χ3n) is 2.33. The van der Waals surface area contributed by atoms with Crippen LogP contribution >= 0.6 is 11.8 Å². The zero-order valence-corrected chi connectivity index (χ0v) is 13.3. The summed E-state index contributed by atoms with van der Waals surface area (Å²) in [6.45, 7) is 0.808. The van der Waals surface area contributed by atoms with E-state index >= 15 is 0 Å². The van der Waals surface area contributed by atoms with Crippen molar-refractivity contribution < 1.29 is 25.9 Å². The van der Waals surface area contributed by atoms with Crippen molar-refractivity contribution in [2.75, 3.05) is 19.5 Å². The fourth-order valence-corrected chi connectivity index (χ4v) is 5.33. The first-order valence-electron chi connectivity index (χ1n) is 5.81. The van der Waals surface area contributed by atoms with Gasteiger partial charge in [-0.05, 0) is 24.3 Å². The van der Waals surface area contributed by atoms with Gasteiger partial charge in [0, 0.05) is 12.9 Å². The van der Waals surface area contributed by atoms with Crippen molar-refractivity contribution >= 4 is 11.8 Å². The SMILES string of the molecule is COCCSc1ccccc1[I+]c1ccccc1. The van der Waals surface area contributed by atoms with E-state index < -0.39 is 0 Å². The number of ether oxygens (including phenoxy) is 1. The molecule has 0 saturated heterocycles. The molecule has 0 aliphatic carbocycles. The number of hydrogen-bond acceptors (Lipinski definition) is 2. The first-order chi connectivity index (χ1) is 8.90. The predicted molar refractivity (Wildman–Crippen MR) is 72.9 cm³/mol. The molecule has 18 heavy (non-hydrogen) atoms. The molecule has 2 aromatic rings. The van der Waals surface area contributed by atoms with Crippen LogP contribution in [0.15, 0.2) is 59.5 Å². The van der Waals surface area contributed by atoms with Gasteiger partial charge in [-0.15, -0.1) is 11.8 Å². The lowest BCUT2D eigenvalue weighted by Gasteiger charge is -2.00. The number of benzene rings is 2. The van der Waals surface area contributed by atoms with Crippen LogP contribution in [-0.4, -0.2) is 19.5 Å². The van der Waals surface area contributed by atoms with Crippen molar-refractivity contribution in [3.8, 4) is 0 Å². The lowest BCUT2D eigenvalue weighted by atomic mass is 10.4. The fraction of sp³-hybridized carbons (Fsp3) is 0.200. The van der Waals surface area contributed by atoms with Gasteiger partial charge in [0.1, 0.15) is 0 Å². The van der Waals surface area contributed by atoms with Gasteiger partial charge in [0.25, 0.3) is 0 Å². The molecule has 0 bridgehead atoms. The number of thioether (sulfide) groups is 1. The van der Waals surface area contributed by atoms with Crippen molar-refractivity contribution in [3.63, 3.8) is 0 Å². The van der Waals surface area contributed by atoms with Crippen LogP contribution in [-0.2, 0) is 4.74 Å². The normalized spacial score (nSPS) is 10.5. The van der Waals surface area contributed by atoms with Crippen LogP contribution in [0.5, 0.6) is 0 Å². The van der Waals surface area contributed by atoms with E-state index in [1.165, 1.54) is 12.0 Å². The Hall–Kier alpha value is -0.520. The largest absolute Gasteiger partial charge is 0.384 e. The molecular weight excluding hydrogens is 355 g/mol. The molecule has 2 rings (SSSR count). The second-order valence-electron chi connectivity index (χ2n) is 3.66. The van der Waals surface area contributed by atoms with E-state index in [0.717, 1.165) is 12.4 Å². The van der Waals surface area contributed by atoms with Crippen LogP contribution in [0, 0.1) is 7.14 Å². The molecule has 2 aromatic carbocycles. The minimum atomic E-state index is -0.0769. The summed E-state index contributed by atoms with van der Waals surface area (Å²) in [5.41, 5.74) is 0. The Morgan fingerprint density at radius 2 is 1.72 bits per heavy atom. The first-order valence-corrected chi connectivity index (χ1v) is 8.95. The van der Waals surface area contributed by atoms with E-state index in [4.69, 9.17) is 4.74 Å². The first kappa shape index (κ1) is 13.9. The van der Waals surface area contributed by atoms with Crippen molar-refractivity contribution in [2.45, 2.75) is 4.90 Å². The van der Waals surface area contributed by atoms with Crippen molar-refractivity contribution in [2.24, 2.45) is 0 Å². The van der Waals surface area contributed by atoms with Crippen LogP contribution in [0.3, 0.4) is 0 Å². The van der Waals surface area contributed by atoms with Gasteiger partial charge in [-0.3, -0.25) is 0 Å². The topological polar surface area (TPSA) is 9.23 Å². The summed E-state index contributed by atoms with van der Waals surface area (Å²) in [5, 5.41) is 0. The fourth-order valence-electron chi connectivity index (χ4n) is 1.47. The molecule has 0 atom stereocenters. The number of hydrogen-bond donors (Lipinski definition) is 0. The van der Waals surface area contributed by atoms with Gasteiger partial charge in [0.05, 0.1) is 11.5 Å². The smallest absolute Gasteiger partial charge is 0.359 e. The van der Waals surface area contributed by atoms with Crippen LogP contribution in [0.1, 0.15) is 0 Å². The predicted octanol–water partition coefficient (Wildman–Crippen LogP) is 0.553. The molecule has 1 nitrogen and oxygen atoms in total. The van der Waals surface area contributed by atoms with E-state index in [-0.39, 0.29) is 21.2 Å². The molecule has 0 aliphatic heterocycles. The monoisotopic (exact) mass is 371 g/mol. The van der Waals surface area contributed by atoms with E-state index in [1.54, 1.807) is 7.11 Å². The average Bonchev–Trinajstić information content (AvgIpc) is 2.42. The van der Waals surface area contributed by atoms with Gasteiger partial charge < -0.3 is 4.74 Å². The van der Waals surface area contributed by atoms with Crippen molar-refractivity contribution in [3.05, 3.63) is 61.7 Å². The standard InChI is InChI=1S/C15H16IOS/c1-17-11-12-18-15-10-6-5-9-14(15)16-13-7-3-2-4-8-13/h2-10H,11-12H2,1H3/q+1. The molecule has 0 radical (unpaired) electrons. The molecule has 0 spiro atoms. The van der Waals surface area contributed by atoms with Gasteiger partial charge in [-0.1, -0.05) is 30.3 Å². The van der Waals surface area contributed by atoms with E-state index in [2.05, 4.69) is 54.6 Å². The van der Waals surface area contributed by atoms with E-state index in [1.807, 2.05) is 11.8 Å². The van der Waals surface area contributed by atoms with Gasteiger partial charge in [-0.25, -0.2) is 0 Å². The highest BCUT2D eigenvalue weighted by Gasteiger charge is 2.19. The summed E-state index contributed by atoms with van der Waals surface area (Å²) in [6, 6.07) is 19.5. The lowest BCUT2D eigenvalue weighted by Crippen LogP contribution is -3.61. The van der Waals surface area contributed by atoms with Gasteiger partial charge >= 0.3 is 21.2 Å². The molecule has 0 heterocycles. The Labute approximate surface area is 123 Å². The molecule has 0 N–H and O–H groups in total. The Morgan fingerprint density at radius 3 is 2.50 bits per heavy atom. The summed E-state index contributed by atoms with van der Waals surface area (Å²) >= 11 is 1.82. The van der Waals surface area contributed by atoms with Crippen LogP contribution in [0.2, 0.25) is 0 Å². The zero-order chi connectivity index (χ0) is 12.6. The third-order valence-corrected chi connectivity index (χ3v) is 6.59. The molecule has 0 amide bonds. The maximum Gasteiger partial charge on any atom is 0.359 e. The van der Waals surface area contributed by atoms with E-state index in [0.29, 0.717) is 0 Å². The quantitative estimate of drug-likeness (QED) is 0.417. The molecular formula is C15H16IOS+. The van der Waals surface area contributed by atoms with Gasteiger partial charge in [0.2, 0.25) is 3.57 Å². The minimum Gasteiger partial charge on any atom is -0.384 e. The maximum absolute atomic E-state index is 5.11. The highest BCUT2D eigenvalue weighted by molar-refractivity contribution is 7.99. The Morgan fingerprint density at radius 1 is 1.00 bits per heavy atom. The van der Waals surface area contributed by atoms with Crippen LogP contribution < -0.4 is 21.2 Å². The second-order valence-corrected chi connectivity index (χ2v) is 7.75. The van der Waals surface area contributed by atoms with E-state index in [9.17, 15) is 0 Å². The Bertz CT molecular complexity index is 473. The Kier molecular flexibility index (Phi) is 6.04. The molecule has 0 unspecified atom stereocenters. The Balaban J connectivity index is 2.07.